The molecule has 0 amide bonds. The van der Waals surface area contributed by atoms with E-state index in [1.165, 1.54) is 0 Å². The summed E-state index contributed by atoms with van der Waals surface area (Å²) >= 11 is 0. The van der Waals surface area contributed by atoms with Gasteiger partial charge in [0.05, 0.1) is 44.8 Å². The normalized spacial score (nSPS) is 11.6. The molecule has 0 spiro atoms. The standard InChI is InChI=1S/C62H44N10/c1-37-63-38(2)66-60(65-37)43-28-31-57-50(33-43)47-22-12-15-25-55(47)71(57)54-24-14-11-21-46(54)49-30-27-45(62-69-52(41-17-7-5-8-18-41)36-53(70-62)42-19-9-6-10-20-42)35-59(49)72-56-26-16-13-23-48(56)51-34-44(29-32-58(51)72)61-67-39(3)64-40(4)68-61/h5-36H,1-4H3. The lowest BCUT2D eigenvalue weighted by molar-refractivity contribution is 0.928. The Kier molecular flexibility index (Phi) is 10.1. The van der Waals surface area contributed by atoms with Crippen molar-refractivity contribution in [3.8, 4) is 79.2 Å². The first kappa shape index (κ1) is 42.6. The number of para-hydroxylation sites is 3. The van der Waals surface area contributed by atoms with E-state index in [9.17, 15) is 0 Å². The molecule has 0 N–H and O–H groups in total. The number of hydrogen-bond donors (Lipinski definition) is 0. The molecule has 0 aliphatic heterocycles. The van der Waals surface area contributed by atoms with E-state index in [1.807, 2.05) is 64.1 Å². The smallest absolute Gasteiger partial charge is 0.163 e. The van der Waals surface area contributed by atoms with Crippen molar-refractivity contribution in [2.45, 2.75) is 27.7 Å². The molecule has 5 aromatic heterocycles. The van der Waals surface area contributed by atoms with Crippen LogP contribution in [0.3, 0.4) is 0 Å². The second-order valence-corrected chi connectivity index (χ2v) is 18.1. The second-order valence-electron chi connectivity index (χ2n) is 18.1. The van der Waals surface area contributed by atoms with Crippen molar-refractivity contribution in [1.29, 1.82) is 0 Å². The number of benzene rings is 8. The van der Waals surface area contributed by atoms with Crippen LogP contribution in [0.15, 0.2) is 194 Å². The minimum absolute atomic E-state index is 0.627. The fourth-order valence-electron chi connectivity index (χ4n) is 10.3. The first-order valence-electron chi connectivity index (χ1n) is 24.0. The summed E-state index contributed by atoms with van der Waals surface area (Å²) in [5.74, 6) is 4.70. The van der Waals surface area contributed by atoms with Crippen molar-refractivity contribution in [3.63, 3.8) is 0 Å². The number of hydrogen-bond acceptors (Lipinski definition) is 8. The predicted octanol–water partition coefficient (Wildman–Crippen LogP) is 14.3. The van der Waals surface area contributed by atoms with Crippen molar-refractivity contribution < 1.29 is 0 Å². The number of rotatable bonds is 8. The molecule has 10 nitrogen and oxygen atoms in total. The van der Waals surface area contributed by atoms with E-state index in [-0.39, 0.29) is 0 Å². The van der Waals surface area contributed by atoms with Gasteiger partial charge in [-0.2, -0.15) is 0 Å². The van der Waals surface area contributed by atoms with Crippen LogP contribution in [0.25, 0.3) is 123 Å². The lowest BCUT2D eigenvalue weighted by Crippen LogP contribution is -2.03. The van der Waals surface area contributed by atoms with Crippen LogP contribution < -0.4 is 0 Å². The number of nitrogens with zero attached hydrogens (tertiary/aromatic N) is 10. The zero-order valence-corrected chi connectivity index (χ0v) is 39.9. The highest BCUT2D eigenvalue weighted by Gasteiger charge is 2.23. The van der Waals surface area contributed by atoms with E-state index < -0.39 is 0 Å². The molecule has 0 saturated carbocycles. The molecule has 0 radical (unpaired) electrons. The van der Waals surface area contributed by atoms with Crippen LogP contribution in [-0.2, 0) is 0 Å². The summed E-state index contributed by atoms with van der Waals surface area (Å²) in [4.78, 5) is 38.5. The molecule has 0 unspecified atom stereocenters. The maximum Gasteiger partial charge on any atom is 0.163 e. The molecule has 72 heavy (non-hydrogen) atoms. The van der Waals surface area contributed by atoms with Crippen LogP contribution in [0.2, 0.25) is 0 Å². The Bertz CT molecular complexity index is 4170. The van der Waals surface area contributed by atoms with Crippen molar-refractivity contribution >= 4 is 43.6 Å². The van der Waals surface area contributed by atoms with E-state index >= 15 is 0 Å². The summed E-state index contributed by atoms with van der Waals surface area (Å²) in [7, 11) is 0. The van der Waals surface area contributed by atoms with Crippen LogP contribution in [-0.4, -0.2) is 49.0 Å². The number of fused-ring (bicyclic) bond motifs is 6. The Morgan fingerprint density at radius 1 is 0.264 bits per heavy atom. The van der Waals surface area contributed by atoms with Crippen molar-refractivity contribution in [2.75, 3.05) is 0 Å². The quantitative estimate of drug-likeness (QED) is 0.148. The molecule has 0 fully saturated rings. The third kappa shape index (κ3) is 7.36. The van der Waals surface area contributed by atoms with Gasteiger partial charge in [-0.1, -0.05) is 127 Å². The molecular weight excluding hydrogens is 885 g/mol. The summed E-state index contributed by atoms with van der Waals surface area (Å²) in [5.41, 5.74) is 14.8. The van der Waals surface area contributed by atoms with Gasteiger partial charge in [0.2, 0.25) is 0 Å². The molecule has 13 aromatic rings. The summed E-state index contributed by atoms with van der Waals surface area (Å²) in [5, 5.41) is 4.43. The third-order valence-corrected chi connectivity index (χ3v) is 13.4. The SMILES string of the molecule is Cc1nc(C)nc(-c2ccc3c(c2)c2ccccc2n3-c2ccccc2-c2ccc(-c3nc(-c4ccccc4)cc(-c4ccccc4)n3)cc2-n2c3ccccc3c3cc(-c4nc(C)nc(C)n4)ccc32)n1. The lowest BCUT2D eigenvalue weighted by Gasteiger charge is -2.20. The van der Waals surface area contributed by atoms with Crippen molar-refractivity contribution in [3.05, 3.63) is 217 Å². The van der Waals surface area contributed by atoms with Gasteiger partial charge < -0.3 is 9.13 Å². The predicted molar refractivity (Wildman–Crippen MR) is 289 cm³/mol. The van der Waals surface area contributed by atoms with Gasteiger partial charge in [-0.3, -0.25) is 0 Å². The van der Waals surface area contributed by atoms with Gasteiger partial charge in [-0.05, 0) is 94.4 Å². The number of aromatic nitrogens is 10. The second kappa shape index (κ2) is 17.1. The molecule has 0 aliphatic carbocycles. The Morgan fingerprint density at radius 2 is 0.653 bits per heavy atom. The highest BCUT2D eigenvalue weighted by Crippen LogP contribution is 2.43. The van der Waals surface area contributed by atoms with Gasteiger partial charge >= 0.3 is 0 Å². The van der Waals surface area contributed by atoms with Crippen LogP contribution >= 0.6 is 0 Å². The van der Waals surface area contributed by atoms with E-state index in [1.54, 1.807) is 0 Å². The van der Waals surface area contributed by atoms with Crippen molar-refractivity contribution in [1.82, 2.24) is 49.0 Å². The van der Waals surface area contributed by atoms with Gasteiger partial charge in [0.25, 0.3) is 0 Å². The van der Waals surface area contributed by atoms with Gasteiger partial charge in [-0.15, -0.1) is 0 Å². The lowest BCUT2D eigenvalue weighted by atomic mass is 9.98. The molecule has 0 atom stereocenters. The van der Waals surface area contributed by atoms with Crippen LogP contribution in [0.1, 0.15) is 23.3 Å². The Hall–Kier alpha value is -9.54. The average molecular weight is 929 g/mol. The maximum absolute atomic E-state index is 5.32. The van der Waals surface area contributed by atoms with E-state index in [4.69, 9.17) is 29.9 Å². The molecule has 10 heteroatoms. The molecule has 0 bridgehead atoms. The molecular formula is C62H44N10. The first-order chi connectivity index (χ1) is 35.3. The highest BCUT2D eigenvalue weighted by atomic mass is 15.0. The largest absolute Gasteiger partial charge is 0.309 e. The van der Waals surface area contributed by atoms with E-state index in [0.29, 0.717) is 40.8 Å². The Balaban J connectivity index is 1.08. The fourth-order valence-corrected chi connectivity index (χ4v) is 10.3. The van der Waals surface area contributed by atoms with Crippen LogP contribution in [0.5, 0.6) is 0 Å². The molecule has 13 rings (SSSR count). The summed E-state index contributed by atoms with van der Waals surface area (Å²) in [6.07, 6.45) is 0. The third-order valence-electron chi connectivity index (χ3n) is 13.4. The highest BCUT2D eigenvalue weighted by molar-refractivity contribution is 6.12. The van der Waals surface area contributed by atoms with Gasteiger partial charge in [0.1, 0.15) is 23.3 Å². The van der Waals surface area contributed by atoms with Gasteiger partial charge in [0, 0.05) is 60.5 Å². The molecule has 342 valence electrons. The van der Waals surface area contributed by atoms with Crippen molar-refractivity contribution in [2.24, 2.45) is 0 Å². The maximum atomic E-state index is 5.32. The monoisotopic (exact) mass is 928 g/mol. The molecule has 0 saturated heterocycles. The van der Waals surface area contributed by atoms with Crippen LogP contribution in [0.4, 0.5) is 0 Å². The minimum Gasteiger partial charge on any atom is -0.309 e. The van der Waals surface area contributed by atoms with E-state index in [2.05, 4.69) is 177 Å². The summed E-state index contributed by atoms with van der Waals surface area (Å²) < 4.78 is 4.78. The van der Waals surface area contributed by atoms with E-state index in [0.717, 1.165) is 105 Å². The Labute approximate surface area is 415 Å². The number of aryl methyl sites for hydroxylation is 4. The van der Waals surface area contributed by atoms with Gasteiger partial charge in [-0.25, -0.2) is 39.9 Å². The first-order valence-corrected chi connectivity index (χ1v) is 24.0. The fraction of sp³-hybridized carbons (Fsp3) is 0.0645. The zero-order chi connectivity index (χ0) is 48.5. The Morgan fingerprint density at radius 3 is 1.18 bits per heavy atom. The zero-order valence-electron chi connectivity index (χ0n) is 39.9. The molecule has 5 heterocycles. The van der Waals surface area contributed by atoms with Crippen LogP contribution in [0, 0.1) is 27.7 Å². The average Bonchev–Trinajstić information content (AvgIpc) is 3.92. The molecule has 0 aliphatic rings. The van der Waals surface area contributed by atoms with Gasteiger partial charge in [0.15, 0.2) is 17.5 Å². The topological polar surface area (TPSA) is 113 Å². The molecule has 8 aromatic carbocycles. The summed E-state index contributed by atoms with van der Waals surface area (Å²) in [6, 6.07) is 68.4. The minimum atomic E-state index is 0.627. The summed E-state index contributed by atoms with van der Waals surface area (Å²) in [6.45, 7) is 7.64.